The maximum absolute atomic E-state index is 3.45. The maximum atomic E-state index is 3.45. The topological polar surface area (TPSA) is 15.3 Å². The van der Waals surface area contributed by atoms with Gasteiger partial charge in [0.05, 0.1) is 0 Å². The summed E-state index contributed by atoms with van der Waals surface area (Å²) in [7, 11) is 0. The number of halogens is 1. The molecule has 0 amide bonds. The van der Waals surface area contributed by atoms with Crippen LogP contribution in [0, 0.1) is 0 Å². The highest BCUT2D eigenvalue weighted by Crippen LogP contribution is 2.26. The molecule has 98 valence electrons. The molecule has 0 radical (unpaired) electrons. The summed E-state index contributed by atoms with van der Waals surface area (Å²) in [6.07, 6.45) is 1.27. The fraction of sp³-hybridized carbons (Fsp3) is 0.429. The number of hydrogen-bond acceptors (Lipinski definition) is 3. The van der Waals surface area contributed by atoms with Gasteiger partial charge in [0.15, 0.2) is 0 Å². The average Bonchev–Trinajstić information content (AvgIpc) is 2.59. The Kier molecular flexibility index (Phi) is 5.01. The maximum Gasteiger partial charge on any atom is 0.0346 e. The van der Waals surface area contributed by atoms with Gasteiger partial charge >= 0.3 is 0 Å². The summed E-state index contributed by atoms with van der Waals surface area (Å²) in [6.45, 7) is 5.79. The molecule has 1 saturated heterocycles. The standard InChI is InChI=1S/C14H18N2S.ClH/c1-2-5-14-13(4-1)12(11-17-14)10-16-8-3-6-15-7-9-16;/h1-2,4-5,11,15H,3,6-10H2;1H. The van der Waals surface area contributed by atoms with Crippen molar-refractivity contribution in [3.8, 4) is 0 Å². The van der Waals surface area contributed by atoms with Crippen LogP contribution in [-0.2, 0) is 6.54 Å². The summed E-state index contributed by atoms with van der Waals surface area (Å²) >= 11 is 1.87. The predicted octanol–water partition coefficient (Wildman–Crippen LogP) is 3.12. The van der Waals surface area contributed by atoms with Gasteiger partial charge in [0.25, 0.3) is 0 Å². The molecule has 1 aliphatic heterocycles. The highest BCUT2D eigenvalue weighted by Gasteiger charge is 2.11. The molecule has 1 N–H and O–H groups in total. The first-order valence-electron chi connectivity index (χ1n) is 6.32. The van der Waals surface area contributed by atoms with Crippen molar-refractivity contribution in [2.24, 2.45) is 0 Å². The van der Waals surface area contributed by atoms with E-state index in [0.717, 1.165) is 13.1 Å². The Morgan fingerprint density at radius 1 is 1.17 bits per heavy atom. The van der Waals surface area contributed by atoms with E-state index in [4.69, 9.17) is 0 Å². The lowest BCUT2D eigenvalue weighted by atomic mass is 10.1. The van der Waals surface area contributed by atoms with Gasteiger partial charge in [-0.25, -0.2) is 0 Å². The summed E-state index contributed by atoms with van der Waals surface area (Å²) < 4.78 is 1.41. The van der Waals surface area contributed by atoms with Gasteiger partial charge in [0, 0.05) is 24.3 Å². The molecule has 1 fully saturated rings. The van der Waals surface area contributed by atoms with Gasteiger partial charge in [0.1, 0.15) is 0 Å². The molecule has 0 unspecified atom stereocenters. The van der Waals surface area contributed by atoms with Crippen molar-refractivity contribution in [3.63, 3.8) is 0 Å². The van der Waals surface area contributed by atoms with Gasteiger partial charge < -0.3 is 5.32 Å². The summed E-state index contributed by atoms with van der Waals surface area (Å²) in [5.74, 6) is 0. The zero-order valence-corrected chi connectivity index (χ0v) is 12.0. The lowest BCUT2D eigenvalue weighted by Gasteiger charge is -2.18. The number of benzene rings is 1. The minimum Gasteiger partial charge on any atom is -0.315 e. The smallest absolute Gasteiger partial charge is 0.0346 e. The van der Waals surface area contributed by atoms with Crippen molar-refractivity contribution in [2.75, 3.05) is 26.2 Å². The number of fused-ring (bicyclic) bond motifs is 1. The molecule has 0 bridgehead atoms. The molecule has 0 aliphatic carbocycles. The first-order valence-corrected chi connectivity index (χ1v) is 7.19. The number of nitrogens with zero attached hydrogens (tertiary/aromatic N) is 1. The summed E-state index contributed by atoms with van der Waals surface area (Å²) in [5, 5.41) is 7.22. The minimum absolute atomic E-state index is 0. The van der Waals surface area contributed by atoms with E-state index < -0.39 is 0 Å². The van der Waals surface area contributed by atoms with Crippen LogP contribution in [0.1, 0.15) is 12.0 Å². The van der Waals surface area contributed by atoms with Crippen LogP contribution in [0.3, 0.4) is 0 Å². The number of nitrogens with one attached hydrogen (secondary N) is 1. The Morgan fingerprint density at radius 2 is 2.06 bits per heavy atom. The first-order chi connectivity index (χ1) is 8.43. The monoisotopic (exact) mass is 282 g/mol. The molecular formula is C14H19ClN2S. The Hall–Kier alpha value is -0.610. The lowest BCUT2D eigenvalue weighted by molar-refractivity contribution is 0.286. The van der Waals surface area contributed by atoms with Gasteiger partial charge in [0.2, 0.25) is 0 Å². The number of hydrogen-bond donors (Lipinski definition) is 1. The van der Waals surface area contributed by atoms with Gasteiger partial charge in [-0.05, 0) is 41.9 Å². The Bertz CT molecular complexity index is 489. The molecule has 1 aromatic heterocycles. The van der Waals surface area contributed by atoms with Gasteiger partial charge in [-0.2, -0.15) is 0 Å². The third kappa shape index (κ3) is 3.04. The summed E-state index contributed by atoms with van der Waals surface area (Å²) in [6, 6.07) is 8.73. The molecule has 4 heteroatoms. The van der Waals surface area contributed by atoms with E-state index in [1.54, 1.807) is 0 Å². The Labute approximate surface area is 118 Å². The Morgan fingerprint density at radius 3 is 3.00 bits per heavy atom. The van der Waals surface area contributed by atoms with Crippen LogP contribution in [0.25, 0.3) is 10.1 Å². The fourth-order valence-corrected chi connectivity index (χ4v) is 3.41. The summed E-state index contributed by atoms with van der Waals surface area (Å²) in [5.41, 5.74) is 1.49. The third-order valence-electron chi connectivity index (χ3n) is 3.39. The average molecular weight is 283 g/mol. The third-order valence-corrected chi connectivity index (χ3v) is 4.40. The molecular weight excluding hydrogens is 264 g/mol. The van der Waals surface area contributed by atoms with E-state index in [1.807, 2.05) is 11.3 Å². The Balaban J connectivity index is 0.00000120. The van der Waals surface area contributed by atoms with E-state index in [1.165, 1.54) is 41.7 Å². The molecule has 0 spiro atoms. The van der Waals surface area contributed by atoms with Crippen LogP contribution in [0.15, 0.2) is 29.6 Å². The number of rotatable bonds is 2. The van der Waals surface area contributed by atoms with Crippen molar-refractivity contribution in [1.29, 1.82) is 0 Å². The van der Waals surface area contributed by atoms with Crippen LogP contribution >= 0.6 is 23.7 Å². The second-order valence-corrected chi connectivity index (χ2v) is 5.55. The van der Waals surface area contributed by atoms with E-state index >= 15 is 0 Å². The highest BCUT2D eigenvalue weighted by molar-refractivity contribution is 7.17. The molecule has 0 atom stereocenters. The van der Waals surface area contributed by atoms with Crippen molar-refractivity contribution in [3.05, 3.63) is 35.2 Å². The number of thiophene rings is 1. The highest BCUT2D eigenvalue weighted by atomic mass is 35.5. The zero-order valence-electron chi connectivity index (χ0n) is 10.4. The van der Waals surface area contributed by atoms with Crippen LogP contribution < -0.4 is 5.32 Å². The van der Waals surface area contributed by atoms with Crippen LogP contribution in [0.4, 0.5) is 0 Å². The fourth-order valence-electron chi connectivity index (χ4n) is 2.46. The molecule has 3 rings (SSSR count). The van der Waals surface area contributed by atoms with E-state index in [0.29, 0.717) is 0 Å². The van der Waals surface area contributed by atoms with E-state index in [-0.39, 0.29) is 12.4 Å². The quantitative estimate of drug-likeness (QED) is 0.910. The predicted molar refractivity (Wildman–Crippen MR) is 81.8 cm³/mol. The van der Waals surface area contributed by atoms with E-state index in [2.05, 4.69) is 39.9 Å². The molecule has 18 heavy (non-hydrogen) atoms. The molecule has 2 nitrogen and oxygen atoms in total. The van der Waals surface area contributed by atoms with Gasteiger partial charge in [-0.1, -0.05) is 18.2 Å². The van der Waals surface area contributed by atoms with Crippen molar-refractivity contribution >= 4 is 33.8 Å². The second kappa shape index (κ2) is 6.53. The van der Waals surface area contributed by atoms with Crippen molar-refractivity contribution in [1.82, 2.24) is 10.2 Å². The van der Waals surface area contributed by atoms with Gasteiger partial charge in [-0.15, -0.1) is 23.7 Å². The van der Waals surface area contributed by atoms with Crippen LogP contribution in [0.5, 0.6) is 0 Å². The molecule has 1 aliphatic rings. The minimum atomic E-state index is 0. The lowest BCUT2D eigenvalue weighted by Crippen LogP contribution is -2.27. The second-order valence-electron chi connectivity index (χ2n) is 4.64. The van der Waals surface area contributed by atoms with Gasteiger partial charge in [-0.3, -0.25) is 4.90 Å². The first kappa shape index (κ1) is 13.8. The molecule has 0 saturated carbocycles. The largest absolute Gasteiger partial charge is 0.315 e. The summed E-state index contributed by atoms with van der Waals surface area (Å²) in [4.78, 5) is 2.56. The van der Waals surface area contributed by atoms with Crippen molar-refractivity contribution in [2.45, 2.75) is 13.0 Å². The molecule has 2 heterocycles. The van der Waals surface area contributed by atoms with Crippen LogP contribution in [0.2, 0.25) is 0 Å². The molecule has 2 aromatic rings. The zero-order chi connectivity index (χ0) is 11.5. The van der Waals surface area contributed by atoms with Crippen LogP contribution in [-0.4, -0.2) is 31.1 Å². The normalized spacial score (nSPS) is 17.3. The SMILES string of the molecule is Cl.c1ccc2c(CN3CCCNCC3)csc2c1. The van der Waals surface area contributed by atoms with Crippen molar-refractivity contribution < 1.29 is 0 Å². The molecule has 1 aromatic carbocycles. The van der Waals surface area contributed by atoms with E-state index in [9.17, 15) is 0 Å².